The topological polar surface area (TPSA) is 119 Å². The number of carbonyl (C=O) groups is 2. The molecule has 1 fully saturated rings. The highest BCUT2D eigenvalue weighted by Crippen LogP contribution is 2.50. The van der Waals surface area contributed by atoms with Crippen LogP contribution in [0.4, 0.5) is 11.4 Å². The number of benzene rings is 2. The Morgan fingerprint density at radius 2 is 1.54 bits per heavy atom. The van der Waals surface area contributed by atoms with E-state index in [0.717, 1.165) is 28.1 Å². The third-order valence-electron chi connectivity index (χ3n) is 9.19. The lowest BCUT2D eigenvalue weighted by Crippen LogP contribution is -2.54. The van der Waals surface area contributed by atoms with Gasteiger partial charge in [0.25, 0.3) is 0 Å². The lowest BCUT2D eigenvalue weighted by atomic mass is 9.95. The fourth-order valence-electron chi connectivity index (χ4n) is 6.68. The zero-order chi connectivity index (χ0) is 34.5. The largest absolute Gasteiger partial charge is 0.497 e. The Kier molecular flexibility index (Phi) is 10.7. The first-order valence-electron chi connectivity index (χ1n) is 16.3. The summed E-state index contributed by atoms with van der Waals surface area (Å²) in [5.41, 5.74) is 4.20. The van der Waals surface area contributed by atoms with Gasteiger partial charge in [0.15, 0.2) is 11.5 Å². The Morgan fingerprint density at radius 1 is 0.854 bits per heavy atom. The molecule has 11 nitrogen and oxygen atoms in total. The van der Waals surface area contributed by atoms with Gasteiger partial charge in [0.05, 0.1) is 40.2 Å². The van der Waals surface area contributed by atoms with Gasteiger partial charge in [-0.1, -0.05) is 19.9 Å². The van der Waals surface area contributed by atoms with Crippen molar-refractivity contribution in [2.75, 3.05) is 64.8 Å². The van der Waals surface area contributed by atoms with Crippen molar-refractivity contribution >= 4 is 23.2 Å². The maximum Gasteiger partial charge on any atom is 0.245 e. The van der Waals surface area contributed by atoms with E-state index in [1.165, 1.54) is 6.92 Å². The van der Waals surface area contributed by atoms with Crippen LogP contribution < -0.4 is 39.9 Å². The summed E-state index contributed by atoms with van der Waals surface area (Å²) in [6.45, 7) is 7.94. The Balaban J connectivity index is 1.48. The van der Waals surface area contributed by atoms with Crippen molar-refractivity contribution in [3.05, 3.63) is 69.9 Å². The molecule has 1 aliphatic heterocycles. The molecule has 48 heavy (non-hydrogen) atoms. The maximum absolute atomic E-state index is 13.9. The van der Waals surface area contributed by atoms with Gasteiger partial charge in [-0.3, -0.25) is 14.4 Å². The summed E-state index contributed by atoms with van der Waals surface area (Å²) in [5.74, 6) is 1.91. The van der Waals surface area contributed by atoms with Crippen LogP contribution >= 0.6 is 0 Å². The molecule has 0 bridgehead atoms. The van der Waals surface area contributed by atoms with Crippen molar-refractivity contribution in [2.45, 2.75) is 45.7 Å². The van der Waals surface area contributed by atoms with Crippen molar-refractivity contribution in [2.24, 2.45) is 5.92 Å². The molecule has 0 unspecified atom stereocenters. The second-order valence-electron chi connectivity index (χ2n) is 12.5. The molecule has 1 aliphatic carbocycles. The molecule has 1 saturated heterocycles. The van der Waals surface area contributed by atoms with E-state index in [9.17, 15) is 14.4 Å². The van der Waals surface area contributed by atoms with E-state index in [2.05, 4.69) is 15.5 Å². The first kappa shape index (κ1) is 34.4. The SMILES string of the molecule is COc1ccc(N2CCN(C(=O)[C@H](Nc3ccc4c(cc3=O)[C@@H](NC(C)=O)CCc3cc(OC)c(OC)c(OC)c3-4)C(C)C)CC2)cc1. The van der Waals surface area contributed by atoms with E-state index < -0.39 is 12.1 Å². The fourth-order valence-corrected chi connectivity index (χ4v) is 6.68. The minimum Gasteiger partial charge on any atom is -0.497 e. The molecule has 3 aromatic rings. The molecule has 2 amide bonds. The molecule has 1 heterocycles. The molecule has 2 aliphatic rings. The zero-order valence-electron chi connectivity index (χ0n) is 28.8. The van der Waals surface area contributed by atoms with Crippen LogP contribution in [-0.4, -0.2) is 77.4 Å². The Hall–Kier alpha value is -4.93. The minimum atomic E-state index is -0.621. The van der Waals surface area contributed by atoms with Gasteiger partial charge in [0.2, 0.25) is 23.0 Å². The van der Waals surface area contributed by atoms with Crippen molar-refractivity contribution in [3.63, 3.8) is 0 Å². The van der Waals surface area contributed by atoms with Gasteiger partial charge in [-0.05, 0) is 77.9 Å². The summed E-state index contributed by atoms with van der Waals surface area (Å²) in [5, 5.41) is 6.35. The monoisotopic (exact) mass is 658 g/mol. The van der Waals surface area contributed by atoms with Gasteiger partial charge in [0, 0.05) is 44.4 Å². The molecule has 0 spiro atoms. The fraction of sp³-hybridized carbons (Fsp3) is 0.432. The Labute approximate surface area is 282 Å². The number of rotatable bonds is 10. The van der Waals surface area contributed by atoms with Crippen molar-refractivity contribution in [1.29, 1.82) is 0 Å². The number of hydrogen-bond donors (Lipinski definition) is 2. The van der Waals surface area contributed by atoms with Crippen LogP contribution in [0.15, 0.2) is 53.3 Å². The number of anilines is 2. The number of hydrogen-bond acceptors (Lipinski definition) is 9. The number of aryl methyl sites for hydroxylation is 1. The summed E-state index contributed by atoms with van der Waals surface area (Å²) in [6.07, 6.45) is 1.16. The van der Waals surface area contributed by atoms with Crippen LogP contribution in [0.1, 0.15) is 44.4 Å². The Bertz CT molecular complexity index is 1700. The quantitative estimate of drug-likeness (QED) is 0.321. The maximum atomic E-state index is 13.9. The average molecular weight is 659 g/mol. The first-order chi connectivity index (χ1) is 23.1. The van der Waals surface area contributed by atoms with Crippen LogP contribution in [0.2, 0.25) is 0 Å². The molecule has 3 aromatic carbocycles. The molecule has 0 saturated carbocycles. The third-order valence-corrected chi connectivity index (χ3v) is 9.19. The number of carbonyl (C=O) groups excluding carboxylic acids is 2. The Morgan fingerprint density at radius 3 is 2.12 bits per heavy atom. The van der Waals surface area contributed by atoms with Gasteiger partial charge in [-0.2, -0.15) is 0 Å². The van der Waals surface area contributed by atoms with Crippen LogP contribution in [0.3, 0.4) is 0 Å². The summed E-state index contributed by atoms with van der Waals surface area (Å²) in [7, 11) is 6.34. The third kappa shape index (κ3) is 7.00. The van der Waals surface area contributed by atoms with Crippen molar-refractivity contribution in [1.82, 2.24) is 10.2 Å². The molecule has 256 valence electrons. The number of methoxy groups -OCH3 is 4. The van der Waals surface area contributed by atoms with E-state index in [1.807, 2.05) is 55.1 Å². The molecular weight excluding hydrogens is 612 g/mol. The lowest BCUT2D eigenvalue weighted by molar-refractivity contribution is -0.133. The minimum absolute atomic E-state index is 0.0492. The molecule has 11 heteroatoms. The second kappa shape index (κ2) is 14.9. The van der Waals surface area contributed by atoms with Crippen LogP contribution in [0, 0.1) is 5.92 Å². The predicted molar refractivity (Wildman–Crippen MR) is 187 cm³/mol. The van der Waals surface area contributed by atoms with E-state index in [0.29, 0.717) is 67.5 Å². The summed E-state index contributed by atoms with van der Waals surface area (Å²) in [4.78, 5) is 44.3. The van der Waals surface area contributed by atoms with Crippen LogP contribution in [0.25, 0.3) is 11.1 Å². The van der Waals surface area contributed by atoms with Crippen LogP contribution in [0.5, 0.6) is 23.0 Å². The highest BCUT2D eigenvalue weighted by Gasteiger charge is 2.32. The average Bonchev–Trinajstić information content (AvgIpc) is 3.33. The zero-order valence-corrected chi connectivity index (χ0v) is 28.8. The van der Waals surface area contributed by atoms with Crippen LogP contribution in [-0.2, 0) is 16.0 Å². The van der Waals surface area contributed by atoms with Gasteiger partial charge < -0.3 is 39.4 Å². The van der Waals surface area contributed by atoms with E-state index in [1.54, 1.807) is 40.6 Å². The van der Waals surface area contributed by atoms with Crippen molar-refractivity contribution < 1.29 is 28.5 Å². The molecule has 5 rings (SSSR count). The van der Waals surface area contributed by atoms with Gasteiger partial charge in [-0.25, -0.2) is 0 Å². The van der Waals surface area contributed by atoms with E-state index >= 15 is 0 Å². The molecule has 2 N–H and O–H groups in total. The van der Waals surface area contributed by atoms with Gasteiger partial charge in [-0.15, -0.1) is 0 Å². The molecule has 0 radical (unpaired) electrons. The predicted octanol–water partition coefficient (Wildman–Crippen LogP) is 4.66. The summed E-state index contributed by atoms with van der Waals surface area (Å²) < 4.78 is 22.5. The second-order valence-corrected chi connectivity index (χ2v) is 12.5. The number of nitrogens with zero attached hydrogens (tertiary/aromatic N) is 2. The molecular formula is C37H46N4O7. The number of nitrogens with one attached hydrogen (secondary N) is 2. The molecule has 2 atom stereocenters. The normalized spacial score (nSPS) is 16.2. The number of piperazine rings is 1. The van der Waals surface area contributed by atoms with Gasteiger partial charge in [0.1, 0.15) is 11.8 Å². The standard InChI is InChI=1S/C37H46N4O7/c1-22(2)34(37(44)41-18-16-40(17-19-41)25-9-11-26(45-4)12-10-25)39-30-15-13-27-28(21-31(30)43)29(38-23(3)42)14-8-24-20-32(46-5)35(47-6)36(48-7)33(24)27/h9-13,15,20-22,29,34H,8,14,16-19H2,1-7H3,(H,38,42)(H,39,43)/t29-,34+/m0/s1. The highest BCUT2D eigenvalue weighted by atomic mass is 16.5. The van der Waals surface area contributed by atoms with Crippen molar-refractivity contribution in [3.8, 4) is 34.1 Å². The van der Waals surface area contributed by atoms with Gasteiger partial charge >= 0.3 is 0 Å². The number of ether oxygens (including phenoxy) is 4. The highest BCUT2D eigenvalue weighted by molar-refractivity contribution is 5.86. The first-order valence-corrected chi connectivity index (χ1v) is 16.3. The van der Waals surface area contributed by atoms with E-state index in [4.69, 9.17) is 18.9 Å². The summed E-state index contributed by atoms with van der Waals surface area (Å²) in [6, 6.07) is 14.0. The number of fused-ring (bicyclic) bond motifs is 3. The summed E-state index contributed by atoms with van der Waals surface area (Å²) >= 11 is 0. The lowest BCUT2D eigenvalue weighted by Gasteiger charge is -2.38. The smallest absolute Gasteiger partial charge is 0.245 e. The number of amides is 2. The molecule has 0 aromatic heterocycles. The van der Waals surface area contributed by atoms with E-state index in [-0.39, 0.29) is 23.2 Å².